The topological polar surface area (TPSA) is 145 Å². The Balaban J connectivity index is 1.36. The predicted molar refractivity (Wildman–Crippen MR) is 147 cm³/mol. The van der Waals surface area contributed by atoms with Crippen LogP contribution in [0, 0.1) is 17.1 Å². The van der Waals surface area contributed by atoms with E-state index in [1.807, 2.05) is 43.5 Å². The van der Waals surface area contributed by atoms with Crippen LogP contribution >= 0.6 is 0 Å². The van der Waals surface area contributed by atoms with Gasteiger partial charge in [0.25, 0.3) is 5.91 Å². The van der Waals surface area contributed by atoms with Gasteiger partial charge in [-0.1, -0.05) is 36.4 Å². The first-order valence-corrected chi connectivity index (χ1v) is 12.2. The van der Waals surface area contributed by atoms with Crippen molar-refractivity contribution in [2.75, 3.05) is 11.1 Å². The third kappa shape index (κ3) is 5.24. The van der Waals surface area contributed by atoms with Gasteiger partial charge in [-0.15, -0.1) is 0 Å². The number of hydrogen-bond acceptors (Lipinski definition) is 7. The molecular weight excluding hydrogens is 495 g/mol. The maximum absolute atomic E-state index is 13.3. The molecule has 0 fully saturated rings. The first kappa shape index (κ1) is 25.4. The molecule has 0 saturated carbocycles. The number of carbonyl (C=O) groups is 1. The zero-order valence-electron chi connectivity index (χ0n) is 21.2. The monoisotopic (exact) mass is 520 g/mol. The van der Waals surface area contributed by atoms with Gasteiger partial charge in [-0.05, 0) is 48.7 Å². The van der Waals surface area contributed by atoms with Gasteiger partial charge >= 0.3 is 0 Å². The summed E-state index contributed by atoms with van der Waals surface area (Å²) in [6, 6.07) is 16.8. The first-order valence-electron chi connectivity index (χ1n) is 12.2. The summed E-state index contributed by atoms with van der Waals surface area (Å²) in [5, 5.41) is 16.3. The molecule has 2 atom stereocenters. The van der Waals surface area contributed by atoms with E-state index in [0.717, 1.165) is 27.6 Å². The molecule has 10 heteroatoms. The van der Waals surface area contributed by atoms with Crippen LogP contribution in [-0.2, 0) is 0 Å². The normalized spacial score (nSPS) is 12.5. The highest BCUT2D eigenvalue weighted by Gasteiger charge is 2.19. The van der Waals surface area contributed by atoms with Gasteiger partial charge in [-0.2, -0.15) is 5.26 Å². The zero-order chi connectivity index (χ0) is 27.5. The molecule has 9 nitrogen and oxygen atoms in total. The molecular formula is C29H25FN8O. The van der Waals surface area contributed by atoms with Crippen LogP contribution in [0.25, 0.3) is 22.2 Å². The number of nitrogens with one attached hydrogen (secondary N) is 3. The molecule has 0 bridgehead atoms. The van der Waals surface area contributed by atoms with Gasteiger partial charge in [-0.25, -0.2) is 19.3 Å². The third-order valence-corrected chi connectivity index (χ3v) is 6.55. The Morgan fingerprint density at radius 2 is 1.72 bits per heavy atom. The van der Waals surface area contributed by atoms with Crippen molar-refractivity contribution in [3.63, 3.8) is 0 Å². The maximum Gasteiger partial charge on any atom is 0.255 e. The Labute approximate surface area is 224 Å². The molecule has 0 unspecified atom stereocenters. The Bertz CT molecular complexity index is 1690. The van der Waals surface area contributed by atoms with E-state index in [2.05, 4.69) is 30.6 Å². The summed E-state index contributed by atoms with van der Waals surface area (Å²) in [6.07, 6.45) is 4.69. The maximum atomic E-state index is 13.3. The number of nitrogens with two attached hydrogens (primary N) is 1. The van der Waals surface area contributed by atoms with Crippen molar-refractivity contribution < 1.29 is 9.18 Å². The number of hydrogen-bond donors (Lipinski definition) is 4. The van der Waals surface area contributed by atoms with Crippen LogP contribution in [-0.4, -0.2) is 25.8 Å². The molecule has 194 valence electrons. The van der Waals surface area contributed by atoms with E-state index in [9.17, 15) is 14.4 Å². The Kier molecular flexibility index (Phi) is 6.89. The smallest absolute Gasteiger partial charge is 0.255 e. The molecule has 5 rings (SSSR count). The summed E-state index contributed by atoms with van der Waals surface area (Å²) >= 11 is 0. The lowest BCUT2D eigenvalue weighted by Crippen LogP contribution is -2.28. The lowest BCUT2D eigenvalue weighted by molar-refractivity contribution is 0.0940. The lowest BCUT2D eigenvalue weighted by atomic mass is 10.0. The molecule has 3 aromatic heterocycles. The predicted octanol–water partition coefficient (Wildman–Crippen LogP) is 5.28. The molecule has 0 aliphatic heterocycles. The second-order valence-corrected chi connectivity index (χ2v) is 9.15. The number of nitrogens with zero attached hydrogens (tertiary/aromatic N) is 4. The second-order valence-electron chi connectivity index (χ2n) is 9.15. The number of rotatable bonds is 7. The molecule has 0 spiro atoms. The molecule has 0 radical (unpaired) electrons. The number of pyridine rings is 1. The second kappa shape index (κ2) is 10.6. The fraction of sp³-hybridized carbons (Fsp3) is 0.138. The Morgan fingerprint density at radius 3 is 2.44 bits per heavy atom. The van der Waals surface area contributed by atoms with Crippen molar-refractivity contribution >= 4 is 28.6 Å². The number of aromatic nitrogens is 4. The number of nitrogen functional groups attached to an aromatic ring is 1. The minimum Gasteiger partial charge on any atom is -0.383 e. The largest absolute Gasteiger partial charge is 0.383 e. The fourth-order valence-electron chi connectivity index (χ4n) is 4.38. The van der Waals surface area contributed by atoms with E-state index >= 15 is 0 Å². The van der Waals surface area contributed by atoms with Crippen molar-refractivity contribution in [2.45, 2.75) is 25.9 Å². The highest BCUT2D eigenvalue weighted by Crippen LogP contribution is 2.32. The summed E-state index contributed by atoms with van der Waals surface area (Å²) in [6.45, 7) is 3.76. The average Bonchev–Trinajstić information content (AvgIpc) is 3.39. The molecule has 2 aromatic carbocycles. The van der Waals surface area contributed by atoms with Gasteiger partial charge in [-0.3, -0.25) is 4.79 Å². The third-order valence-electron chi connectivity index (χ3n) is 6.55. The first-order chi connectivity index (χ1) is 18.8. The molecule has 3 heterocycles. The SMILES string of the molecule is C[C@H](NC(=O)c1cc(C#N)cnc1N[C@H](C)c1ccc(-c2c[nH]c3ncnc(N)c23)cc1)c1ccc(F)cc1. The summed E-state index contributed by atoms with van der Waals surface area (Å²) in [5.74, 6) is -0.00495. The van der Waals surface area contributed by atoms with E-state index in [1.54, 1.807) is 19.1 Å². The van der Waals surface area contributed by atoms with Crippen molar-refractivity contribution in [3.8, 4) is 17.2 Å². The number of halogens is 1. The summed E-state index contributed by atoms with van der Waals surface area (Å²) < 4.78 is 13.3. The zero-order valence-corrected chi connectivity index (χ0v) is 21.2. The number of anilines is 2. The number of carbonyl (C=O) groups excluding carboxylic acids is 1. The summed E-state index contributed by atoms with van der Waals surface area (Å²) in [5.41, 5.74) is 10.8. The molecule has 1 amide bonds. The van der Waals surface area contributed by atoms with Gasteiger partial charge in [0.2, 0.25) is 0 Å². The average molecular weight is 521 g/mol. The minimum absolute atomic E-state index is 0.211. The van der Waals surface area contributed by atoms with Crippen molar-refractivity contribution in [1.82, 2.24) is 25.3 Å². The van der Waals surface area contributed by atoms with Crippen molar-refractivity contribution in [3.05, 3.63) is 101 Å². The van der Waals surface area contributed by atoms with Crippen molar-refractivity contribution in [1.29, 1.82) is 5.26 Å². The molecule has 39 heavy (non-hydrogen) atoms. The molecule has 0 aliphatic carbocycles. The minimum atomic E-state index is -0.402. The van der Waals surface area contributed by atoms with Crippen LogP contribution in [0.4, 0.5) is 16.0 Å². The van der Waals surface area contributed by atoms with Crippen LogP contribution in [0.1, 0.15) is 53.0 Å². The van der Waals surface area contributed by atoms with Gasteiger partial charge in [0, 0.05) is 24.0 Å². The number of aromatic amines is 1. The van der Waals surface area contributed by atoms with Crippen LogP contribution in [0.2, 0.25) is 0 Å². The molecule has 5 N–H and O–H groups in total. The number of nitriles is 1. The van der Waals surface area contributed by atoms with Crippen molar-refractivity contribution in [2.24, 2.45) is 0 Å². The molecule has 0 saturated heterocycles. The number of benzene rings is 2. The van der Waals surface area contributed by atoms with Crippen LogP contribution < -0.4 is 16.4 Å². The molecule has 0 aliphatic rings. The van der Waals surface area contributed by atoms with E-state index in [4.69, 9.17) is 5.73 Å². The number of H-pyrrole nitrogens is 1. The van der Waals surface area contributed by atoms with Crippen LogP contribution in [0.3, 0.4) is 0 Å². The lowest BCUT2D eigenvalue weighted by Gasteiger charge is -2.19. The van der Waals surface area contributed by atoms with E-state index < -0.39 is 5.91 Å². The van der Waals surface area contributed by atoms with E-state index in [1.165, 1.54) is 30.7 Å². The number of fused-ring (bicyclic) bond motifs is 1. The van der Waals surface area contributed by atoms with Crippen LogP contribution in [0.5, 0.6) is 0 Å². The van der Waals surface area contributed by atoms with Gasteiger partial charge in [0.15, 0.2) is 0 Å². The molecule has 5 aromatic rings. The quantitative estimate of drug-likeness (QED) is 0.228. The fourth-order valence-corrected chi connectivity index (χ4v) is 4.38. The van der Waals surface area contributed by atoms with Gasteiger partial charge < -0.3 is 21.4 Å². The van der Waals surface area contributed by atoms with E-state index in [0.29, 0.717) is 17.3 Å². The summed E-state index contributed by atoms with van der Waals surface area (Å²) in [7, 11) is 0. The standard InChI is InChI=1S/C29H25FN8O/c1-16(19-3-5-21(6-4-19)24-14-34-28-25(24)26(32)35-15-36-28)37-27-23(11-18(12-31)13-33-27)29(39)38-17(2)20-7-9-22(30)10-8-20/h3-11,13-17H,1-2H3,(H,33,37)(H,38,39)(H3,32,34,35,36)/t16-,17+/m1/s1. The Morgan fingerprint density at radius 1 is 1.03 bits per heavy atom. The number of amides is 1. The summed E-state index contributed by atoms with van der Waals surface area (Å²) in [4.78, 5) is 29.0. The van der Waals surface area contributed by atoms with Crippen LogP contribution in [0.15, 0.2) is 73.3 Å². The highest BCUT2D eigenvalue weighted by molar-refractivity contribution is 6.00. The van der Waals surface area contributed by atoms with Gasteiger partial charge in [0.1, 0.15) is 35.5 Å². The van der Waals surface area contributed by atoms with E-state index in [-0.39, 0.29) is 29.0 Å². The van der Waals surface area contributed by atoms with Gasteiger partial charge in [0.05, 0.1) is 22.6 Å². The Hall–Kier alpha value is -5.30. The highest BCUT2D eigenvalue weighted by atomic mass is 19.1.